The van der Waals surface area contributed by atoms with E-state index in [9.17, 15) is 0 Å². The number of hydrogen-bond donors (Lipinski definition) is 0. The molecule has 3 heteroatoms. The third kappa shape index (κ3) is 5.90. The molecule has 11 aromatic carbocycles. The second-order valence-corrected chi connectivity index (χ2v) is 16.8. The topological polar surface area (TPSA) is 21.3 Å². The first-order chi connectivity index (χ1) is 32.3. The van der Waals surface area contributed by atoms with Crippen LogP contribution in [0, 0.1) is 0 Å². The van der Waals surface area contributed by atoms with Gasteiger partial charge in [-0.25, -0.2) is 0 Å². The summed E-state index contributed by atoms with van der Waals surface area (Å²) < 4.78 is 8.99. The van der Waals surface area contributed by atoms with Crippen LogP contribution in [0.15, 0.2) is 247 Å². The molecule has 0 bridgehead atoms. The third-order valence-electron chi connectivity index (χ3n) is 13.2. The molecule has 2 heterocycles. The van der Waals surface area contributed by atoms with Gasteiger partial charge < -0.3 is 13.9 Å². The van der Waals surface area contributed by atoms with Crippen molar-refractivity contribution >= 4 is 82.4 Å². The van der Waals surface area contributed by atoms with E-state index in [1.165, 1.54) is 43.4 Å². The molecule has 0 aliphatic rings. The molecular weight excluding hydrogens is 789 g/mol. The van der Waals surface area contributed by atoms with Gasteiger partial charge in [0.2, 0.25) is 0 Å². The van der Waals surface area contributed by atoms with Crippen LogP contribution in [0.2, 0.25) is 0 Å². The van der Waals surface area contributed by atoms with E-state index in [4.69, 9.17) is 4.42 Å². The number of furan rings is 1. The van der Waals surface area contributed by atoms with Crippen molar-refractivity contribution in [2.75, 3.05) is 4.90 Å². The fourth-order valence-corrected chi connectivity index (χ4v) is 10.3. The van der Waals surface area contributed by atoms with E-state index in [1.54, 1.807) is 0 Å². The van der Waals surface area contributed by atoms with Crippen LogP contribution < -0.4 is 4.90 Å². The summed E-state index contributed by atoms with van der Waals surface area (Å²) in [5.41, 5.74) is 15.4. The zero-order valence-corrected chi connectivity index (χ0v) is 35.4. The second-order valence-electron chi connectivity index (χ2n) is 16.8. The van der Waals surface area contributed by atoms with Gasteiger partial charge in [-0.15, -0.1) is 0 Å². The highest BCUT2D eigenvalue weighted by Gasteiger charge is 2.24. The minimum Gasteiger partial charge on any atom is -0.455 e. The van der Waals surface area contributed by atoms with Crippen LogP contribution in [0.1, 0.15) is 0 Å². The van der Waals surface area contributed by atoms with Crippen LogP contribution in [0.3, 0.4) is 0 Å². The minimum absolute atomic E-state index is 0.899. The maximum absolute atomic E-state index is 6.56. The fraction of sp³-hybridized carbons (Fsp3) is 0. The lowest BCUT2D eigenvalue weighted by atomic mass is 9.93. The number of aromatic nitrogens is 1. The molecule has 65 heavy (non-hydrogen) atoms. The molecule has 0 aliphatic heterocycles. The summed E-state index contributed by atoms with van der Waals surface area (Å²) in [6, 6.07) is 87.8. The summed E-state index contributed by atoms with van der Waals surface area (Å²) >= 11 is 0. The van der Waals surface area contributed by atoms with Crippen LogP contribution in [0.25, 0.3) is 104 Å². The van der Waals surface area contributed by atoms with Gasteiger partial charge in [0.05, 0.1) is 28.1 Å². The summed E-state index contributed by atoms with van der Waals surface area (Å²) in [4.78, 5) is 2.47. The number of nitrogens with zero attached hydrogens (tertiary/aromatic N) is 2. The van der Waals surface area contributed by atoms with Crippen molar-refractivity contribution in [3.05, 3.63) is 243 Å². The van der Waals surface area contributed by atoms with Crippen LogP contribution in [-0.2, 0) is 0 Å². The van der Waals surface area contributed by atoms with Gasteiger partial charge in [0, 0.05) is 49.3 Å². The summed E-state index contributed by atoms with van der Waals surface area (Å²) in [5, 5.41) is 9.58. The summed E-state index contributed by atoms with van der Waals surface area (Å²) in [7, 11) is 0. The first kappa shape index (κ1) is 36.9. The number of benzene rings is 11. The Balaban J connectivity index is 1.02. The fourth-order valence-electron chi connectivity index (χ4n) is 10.3. The van der Waals surface area contributed by atoms with Crippen LogP contribution in [-0.4, -0.2) is 4.57 Å². The van der Waals surface area contributed by atoms with Gasteiger partial charge in [0.15, 0.2) is 0 Å². The maximum atomic E-state index is 6.56. The molecule has 0 saturated heterocycles. The Morgan fingerprint density at radius 2 is 0.862 bits per heavy atom. The van der Waals surface area contributed by atoms with Gasteiger partial charge in [0.1, 0.15) is 11.2 Å². The monoisotopic (exact) mass is 828 g/mol. The van der Waals surface area contributed by atoms with Crippen molar-refractivity contribution in [2.24, 2.45) is 0 Å². The predicted octanol–water partition coefficient (Wildman–Crippen LogP) is 17.5. The molecule has 0 amide bonds. The Hall–Kier alpha value is -8.66. The van der Waals surface area contributed by atoms with E-state index < -0.39 is 0 Å². The van der Waals surface area contributed by atoms with E-state index in [-0.39, 0.29) is 0 Å². The molecule has 0 unspecified atom stereocenters. The maximum Gasteiger partial charge on any atom is 0.143 e. The molecule has 0 saturated carbocycles. The Bertz CT molecular complexity index is 3910. The zero-order chi connectivity index (χ0) is 42.8. The average Bonchev–Trinajstić information content (AvgIpc) is 3.93. The van der Waals surface area contributed by atoms with Crippen molar-refractivity contribution < 1.29 is 4.42 Å². The van der Waals surface area contributed by atoms with Crippen LogP contribution >= 0.6 is 0 Å². The first-order valence-electron chi connectivity index (χ1n) is 22.3. The highest BCUT2D eigenvalue weighted by Crippen LogP contribution is 2.48. The second kappa shape index (κ2) is 15.0. The van der Waals surface area contributed by atoms with Crippen LogP contribution in [0.5, 0.6) is 0 Å². The van der Waals surface area contributed by atoms with Crippen LogP contribution in [0.4, 0.5) is 17.1 Å². The molecule has 2 aromatic heterocycles. The molecular formula is C62H40N2O. The zero-order valence-electron chi connectivity index (χ0n) is 35.4. The lowest BCUT2D eigenvalue weighted by Crippen LogP contribution is -2.12. The Kier molecular flexibility index (Phi) is 8.53. The molecule has 3 nitrogen and oxygen atoms in total. The summed E-state index contributed by atoms with van der Waals surface area (Å²) in [6.45, 7) is 0. The van der Waals surface area contributed by atoms with Crippen molar-refractivity contribution in [1.82, 2.24) is 4.57 Å². The van der Waals surface area contributed by atoms with Crippen molar-refractivity contribution in [3.8, 4) is 39.1 Å². The number of hydrogen-bond acceptors (Lipinski definition) is 2. The summed E-state index contributed by atoms with van der Waals surface area (Å²) in [6.07, 6.45) is 0. The van der Waals surface area contributed by atoms with Crippen molar-refractivity contribution in [1.29, 1.82) is 0 Å². The molecule has 0 aliphatic carbocycles. The van der Waals surface area contributed by atoms with Gasteiger partial charge in [-0.3, -0.25) is 0 Å². The lowest BCUT2D eigenvalue weighted by Gasteiger charge is -2.30. The molecule has 13 rings (SSSR count). The quantitative estimate of drug-likeness (QED) is 0.149. The molecule has 304 valence electrons. The molecule has 0 fully saturated rings. The van der Waals surface area contributed by atoms with E-state index in [2.05, 4.69) is 246 Å². The van der Waals surface area contributed by atoms with Gasteiger partial charge >= 0.3 is 0 Å². The van der Waals surface area contributed by atoms with E-state index in [1.807, 2.05) is 6.07 Å². The molecule has 13 aromatic rings. The molecule has 0 N–H and O–H groups in total. The largest absolute Gasteiger partial charge is 0.455 e. The summed E-state index contributed by atoms with van der Waals surface area (Å²) in [5.74, 6) is 0. The smallest absolute Gasteiger partial charge is 0.143 e. The average molecular weight is 829 g/mol. The first-order valence-corrected chi connectivity index (χ1v) is 22.3. The lowest BCUT2D eigenvalue weighted by molar-refractivity contribution is 0.670. The number of anilines is 3. The Labute approximate surface area is 376 Å². The third-order valence-corrected chi connectivity index (χ3v) is 13.2. The van der Waals surface area contributed by atoms with Gasteiger partial charge in [-0.2, -0.15) is 0 Å². The van der Waals surface area contributed by atoms with Gasteiger partial charge in [0.25, 0.3) is 0 Å². The number of fused-ring (bicyclic) bond motifs is 9. The predicted molar refractivity (Wildman–Crippen MR) is 274 cm³/mol. The Morgan fingerprint density at radius 1 is 0.323 bits per heavy atom. The molecule has 0 atom stereocenters. The highest BCUT2D eigenvalue weighted by molar-refractivity contribution is 6.16. The van der Waals surface area contributed by atoms with E-state index >= 15 is 0 Å². The molecule has 0 spiro atoms. The minimum atomic E-state index is 0.899. The van der Waals surface area contributed by atoms with E-state index in [0.717, 1.165) is 78.1 Å². The highest BCUT2D eigenvalue weighted by atomic mass is 16.3. The standard InChI is InChI=1S/C62H40N2O/c1-2-20-45-42(18-1)40-60(48-23-6-5-21-46(45)48)63(43-38-36-41(37-39-43)44-19-3-4-22-47(44)54-29-17-30-55-53-28-11-16-35-61(53)65-62(54)55)56-31-12-7-24-49(56)50-25-8-13-32-57(50)64-58-33-14-9-26-51(58)52-27-10-15-34-59(52)64/h1-40H. The SMILES string of the molecule is c1ccc(-c2cccc3c2oc2ccccc23)c(-c2ccc(N(c3ccccc3-c3ccccc3-n3c4ccccc4c4ccccc43)c3cc4ccccc4c4ccccc34)cc2)c1. The van der Waals surface area contributed by atoms with Crippen molar-refractivity contribution in [2.45, 2.75) is 0 Å². The van der Waals surface area contributed by atoms with Gasteiger partial charge in [-0.1, -0.05) is 194 Å². The Morgan fingerprint density at radius 3 is 1.63 bits per heavy atom. The normalized spacial score (nSPS) is 11.7. The van der Waals surface area contributed by atoms with Crippen molar-refractivity contribution in [3.63, 3.8) is 0 Å². The number of para-hydroxylation sites is 6. The van der Waals surface area contributed by atoms with Gasteiger partial charge in [-0.05, 0) is 81.4 Å². The molecule has 0 radical (unpaired) electrons. The van der Waals surface area contributed by atoms with E-state index in [0.29, 0.717) is 0 Å². The number of rotatable bonds is 7.